The van der Waals surface area contributed by atoms with Crippen LogP contribution in [0.3, 0.4) is 0 Å². The number of aliphatic hydroxyl groups is 1. The summed E-state index contributed by atoms with van der Waals surface area (Å²) in [4.78, 5) is 4.28. The van der Waals surface area contributed by atoms with Crippen molar-refractivity contribution in [2.24, 2.45) is 7.05 Å². The Bertz CT molecular complexity index is 688. The number of hydrogen-bond donors (Lipinski definition) is 2. The van der Waals surface area contributed by atoms with Crippen LogP contribution < -0.4 is 4.72 Å². The lowest BCUT2D eigenvalue weighted by Crippen LogP contribution is -2.40. The van der Waals surface area contributed by atoms with Gasteiger partial charge in [-0.2, -0.15) is 4.72 Å². The molecule has 0 spiro atoms. The third-order valence-electron chi connectivity index (χ3n) is 2.91. The largest absolute Gasteiger partial charge is 0.390 e. The lowest BCUT2D eigenvalue weighted by atomic mass is 10.1. The Balaban J connectivity index is 2.31. The minimum atomic E-state index is -3.67. The molecule has 0 atom stereocenters. The zero-order valence-corrected chi connectivity index (χ0v) is 13.1. The summed E-state index contributed by atoms with van der Waals surface area (Å²) in [5.74, 6) is 0. The molecule has 2 heterocycles. The molecule has 2 aromatic heterocycles. The molecule has 0 aliphatic carbocycles. The van der Waals surface area contributed by atoms with E-state index < -0.39 is 15.6 Å². The normalized spacial score (nSPS) is 12.8. The highest BCUT2D eigenvalue weighted by atomic mass is 32.2. The van der Waals surface area contributed by atoms with Gasteiger partial charge in [0.25, 0.3) is 0 Å². The van der Waals surface area contributed by atoms with E-state index in [-0.39, 0.29) is 11.5 Å². The first-order valence-corrected chi connectivity index (χ1v) is 8.32. The lowest BCUT2D eigenvalue weighted by molar-refractivity contribution is 0.272. The first-order valence-electron chi connectivity index (χ1n) is 5.96. The molecule has 2 N–H and O–H groups in total. The molecule has 0 aliphatic heterocycles. The molecule has 0 unspecified atom stereocenters. The van der Waals surface area contributed by atoms with Gasteiger partial charge in [-0.1, -0.05) is 0 Å². The van der Waals surface area contributed by atoms with Crippen LogP contribution in [0.1, 0.15) is 24.5 Å². The van der Waals surface area contributed by atoms with Crippen LogP contribution in [-0.2, 0) is 29.2 Å². The Hall–Kier alpha value is -1.22. The highest BCUT2D eigenvalue weighted by Gasteiger charge is 2.30. The molecular formula is C12H17N3O3S2. The average molecular weight is 315 g/mol. The van der Waals surface area contributed by atoms with Crippen molar-refractivity contribution >= 4 is 21.4 Å². The zero-order chi connectivity index (χ0) is 15.0. The standard InChI is InChI=1S/C12H17N3O3S2/c1-12(2,11-13-4-5-19-11)14-20(17,18)10-6-9(8-16)15(3)7-10/h4-7,14,16H,8H2,1-3H3. The Labute approximate surface area is 122 Å². The Morgan fingerprint density at radius 3 is 2.70 bits per heavy atom. The summed E-state index contributed by atoms with van der Waals surface area (Å²) in [5, 5.41) is 11.6. The number of rotatable bonds is 5. The van der Waals surface area contributed by atoms with Gasteiger partial charge in [-0.3, -0.25) is 0 Å². The van der Waals surface area contributed by atoms with E-state index in [2.05, 4.69) is 9.71 Å². The second-order valence-corrected chi connectivity index (χ2v) is 7.58. The van der Waals surface area contributed by atoms with Crippen molar-refractivity contribution < 1.29 is 13.5 Å². The van der Waals surface area contributed by atoms with E-state index in [0.29, 0.717) is 10.7 Å². The van der Waals surface area contributed by atoms with E-state index in [0.717, 1.165) is 0 Å². The molecule has 6 nitrogen and oxygen atoms in total. The van der Waals surface area contributed by atoms with Crippen molar-refractivity contribution in [1.82, 2.24) is 14.3 Å². The van der Waals surface area contributed by atoms with Crippen molar-refractivity contribution in [3.63, 3.8) is 0 Å². The second-order valence-electron chi connectivity index (χ2n) is 5.00. The fourth-order valence-electron chi connectivity index (χ4n) is 1.85. The summed E-state index contributed by atoms with van der Waals surface area (Å²) < 4.78 is 29.0. The number of sulfonamides is 1. The number of nitrogens with zero attached hydrogens (tertiary/aromatic N) is 2. The van der Waals surface area contributed by atoms with Gasteiger partial charge in [0, 0.05) is 30.5 Å². The molecule has 0 saturated carbocycles. The van der Waals surface area contributed by atoms with Crippen molar-refractivity contribution in [2.45, 2.75) is 30.9 Å². The molecule has 8 heteroatoms. The first-order chi connectivity index (χ1) is 9.26. The summed E-state index contributed by atoms with van der Waals surface area (Å²) in [6.07, 6.45) is 3.12. The SMILES string of the molecule is Cn1cc(S(=O)(=O)NC(C)(C)c2nccs2)cc1CO. The molecule has 20 heavy (non-hydrogen) atoms. The summed E-state index contributed by atoms with van der Waals surface area (Å²) in [7, 11) is -1.98. The van der Waals surface area contributed by atoms with Crippen LogP contribution in [0.4, 0.5) is 0 Å². The van der Waals surface area contributed by atoms with E-state index in [9.17, 15) is 8.42 Å². The van der Waals surface area contributed by atoms with E-state index in [4.69, 9.17) is 5.11 Å². The lowest BCUT2D eigenvalue weighted by Gasteiger charge is -2.23. The number of aryl methyl sites for hydroxylation is 1. The minimum absolute atomic E-state index is 0.133. The maximum absolute atomic E-state index is 12.4. The number of aliphatic hydroxyl groups excluding tert-OH is 1. The summed E-state index contributed by atoms with van der Waals surface area (Å²) in [6, 6.07) is 1.46. The van der Waals surface area contributed by atoms with Crippen LogP contribution >= 0.6 is 11.3 Å². The summed E-state index contributed by atoms with van der Waals surface area (Å²) in [6.45, 7) is 3.32. The molecule has 0 fully saturated rings. The van der Waals surface area contributed by atoms with Gasteiger partial charge in [0.05, 0.1) is 17.0 Å². The van der Waals surface area contributed by atoms with Gasteiger partial charge in [0.15, 0.2) is 0 Å². The van der Waals surface area contributed by atoms with Gasteiger partial charge in [0.2, 0.25) is 10.0 Å². The summed E-state index contributed by atoms with van der Waals surface area (Å²) in [5.41, 5.74) is -0.250. The molecular weight excluding hydrogens is 298 g/mol. The molecule has 0 radical (unpaired) electrons. The van der Waals surface area contributed by atoms with Crippen molar-refractivity contribution in [3.05, 3.63) is 34.5 Å². The predicted octanol–water partition coefficient (Wildman–Crippen LogP) is 1.19. The molecule has 0 saturated heterocycles. The quantitative estimate of drug-likeness (QED) is 0.868. The van der Waals surface area contributed by atoms with Crippen LogP contribution in [0, 0.1) is 0 Å². The maximum atomic E-state index is 12.4. The second kappa shape index (κ2) is 5.28. The molecule has 0 aromatic carbocycles. The molecule has 0 aliphatic rings. The summed E-state index contributed by atoms with van der Waals surface area (Å²) >= 11 is 1.40. The van der Waals surface area contributed by atoms with Crippen LogP contribution in [0.5, 0.6) is 0 Å². The third kappa shape index (κ3) is 2.93. The van der Waals surface area contributed by atoms with E-state index >= 15 is 0 Å². The number of nitrogens with one attached hydrogen (secondary N) is 1. The predicted molar refractivity (Wildman–Crippen MR) is 76.8 cm³/mol. The molecule has 2 rings (SSSR count). The smallest absolute Gasteiger partial charge is 0.242 e. The number of thiazole rings is 1. The van der Waals surface area contributed by atoms with Crippen LogP contribution in [0.25, 0.3) is 0 Å². The van der Waals surface area contributed by atoms with Crippen LogP contribution in [0.2, 0.25) is 0 Å². The fraction of sp³-hybridized carbons (Fsp3) is 0.417. The van der Waals surface area contributed by atoms with Crippen molar-refractivity contribution in [2.75, 3.05) is 0 Å². The number of aromatic nitrogens is 2. The van der Waals surface area contributed by atoms with Crippen LogP contribution in [-0.4, -0.2) is 23.1 Å². The maximum Gasteiger partial charge on any atom is 0.242 e. The monoisotopic (exact) mass is 315 g/mol. The zero-order valence-electron chi connectivity index (χ0n) is 11.5. The van der Waals surface area contributed by atoms with Gasteiger partial charge < -0.3 is 9.67 Å². The molecule has 0 bridgehead atoms. The van der Waals surface area contributed by atoms with Crippen molar-refractivity contribution in [3.8, 4) is 0 Å². The van der Waals surface area contributed by atoms with Crippen molar-refractivity contribution in [1.29, 1.82) is 0 Å². The van der Waals surface area contributed by atoms with Crippen LogP contribution in [0.15, 0.2) is 28.7 Å². The highest BCUT2D eigenvalue weighted by Crippen LogP contribution is 2.25. The molecule has 0 amide bonds. The number of hydrogen-bond acceptors (Lipinski definition) is 5. The Morgan fingerprint density at radius 2 is 2.20 bits per heavy atom. The minimum Gasteiger partial charge on any atom is -0.390 e. The molecule has 110 valence electrons. The fourth-order valence-corrected chi connectivity index (χ4v) is 4.11. The third-order valence-corrected chi connectivity index (χ3v) is 5.63. The van der Waals surface area contributed by atoms with Gasteiger partial charge >= 0.3 is 0 Å². The van der Waals surface area contributed by atoms with E-state index in [1.54, 1.807) is 37.0 Å². The molecule has 2 aromatic rings. The Morgan fingerprint density at radius 1 is 1.50 bits per heavy atom. The van der Waals surface area contributed by atoms with Gasteiger partial charge in [-0.15, -0.1) is 11.3 Å². The first kappa shape index (κ1) is 15.2. The topological polar surface area (TPSA) is 84.2 Å². The van der Waals surface area contributed by atoms with E-state index in [1.165, 1.54) is 23.6 Å². The van der Waals surface area contributed by atoms with Gasteiger partial charge in [-0.05, 0) is 19.9 Å². The van der Waals surface area contributed by atoms with E-state index in [1.807, 2.05) is 0 Å². The van der Waals surface area contributed by atoms with Gasteiger partial charge in [0.1, 0.15) is 5.01 Å². The Kier molecular flexibility index (Phi) is 4.01. The van der Waals surface area contributed by atoms with Gasteiger partial charge in [-0.25, -0.2) is 13.4 Å². The average Bonchev–Trinajstić information content (AvgIpc) is 2.96. The highest BCUT2D eigenvalue weighted by molar-refractivity contribution is 7.89.